The Labute approximate surface area is 154 Å². The van der Waals surface area contributed by atoms with E-state index in [9.17, 15) is 9.59 Å². The molecule has 1 aliphatic heterocycles. The second-order valence-electron chi connectivity index (χ2n) is 6.80. The molecule has 2 amide bonds. The van der Waals surface area contributed by atoms with Crippen molar-refractivity contribution in [1.29, 1.82) is 0 Å². The third kappa shape index (κ3) is 4.49. The van der Waals surface area contributed by atoms with Gasteiger partial charge in [0.15, 0.2) is 0 Å². The van der Waals surface area contributed by atoms with Gasteiger partial charge in [-0.3, -0.25) is 14.5 Å². The van der Waals surface area contributed by atoms with E-state index < -0.39 is 0 Å². The normalized spacial score (nSPS) is 14.9. The lowest BCUT2D eigenvalue weighted by atomic mass is 10.1. The standard InChI is InChI=1S/C21H25N3O2/c1-16-8-9-17(2)19(14-16)22-20(25)15-23-10-12-24(13-11-23)21(26)18-6-4-3-5-7-18/h3-9,14H,10-13,15H2,1-2H3,(H,22,25). The number of aryl methyl sites for hydroxylation is 2. The van der Waals surface area contributed by atoms with Crippen LogP contribution in [-0.4, -0.2) is 54.3 Å². The fourth-order valence-electron chi connectivity index (χ4n) is 3.14. The predicted octanol–water partition coefficient (Wildman–Crippen LogP) is 2.70. The topological polar surface area (TPSA) is 52.7 Å². The van der Waals surface area contributed by atoms with Crippen LogP contribution in [0.15, 0.2) is 48.5 Å². The smallest absolute Gasteiger partial charge is 0.253 e. The number of anilines is 1. The molecule has 0 saturated carbocycles. The summed E-state index contributed by atoms with van der Waals surface area (Å²) in [6, 6.07) is 15.4. The van der Waals surface area contributed by atoms with E-state index in [1.54, 1.807) is 0 Å². The molecule has 1 saturated heterocycles. The summed E-state index contributed by atoms with van der Waals surface area (Å²) < 4.78 is 0. The van der Waals surface area contributed by atoms with E-state index in [-0.39, 0.29) is 11.8 Å². The van der Waals surface area contributed by atoms with Gasteiger partial charge >= 0.3 is 0 Å². The van der Waals surface area contributed by atoms with Crippen LogP contribution in [0.3, 0.4) is 0 Å². The highest BCUT2D eigenvalue weighted by Gasteiger charge is 2.23. The Morgan fingerprint density at radius 3 is 2.35 bits per heavy atom. The van der Waals surface area contributed by atoms with Crippen molar-refractivity contribution in [2.45, 2.75) is 13.8 Å². The summed E-state index contributed by atoms with van der Waals surface area (Å²) in [5.41, 5.74) is 3.77. The number of hydrogen-bond donors (Lipinski definition) is 1. The molecule has 1 N–H and O–H groups in total. The molecule has 1 aliphatic rings. The maximum Gasteiger partial charge on any atom is 0.253 e. The van der Waals surface area contributed by atoms with Gasteiger partial charge in [-0.15, -0.1) is 0 Å². The minimum Gasteiger partial charge on any atom is -0.336 e. The lowest BCUT2D eigenvalue weighted by molar-refractivity contribution is -0.117. The van der Waals surface area contributed by atoms with Crippen LogP contribution < -0.4 is 5.32 Å². The largest absolute Gasteiger partial charge is 0.336 e. The van der Waals surface area contributed by atoms with Crippen molar-refractivity contribution in [2.75, 3.05) is 38.0 Å². The van der Waals surface area contributed by atoms with Crippen LogP contribution in [0, 0.1) is 13.8 Å². The number of nitrogens with zero attached hydrogens (tertiary/aromatic N) is 2. The number of amides is 2. The second-order valence-corrected chi connectivity index (χ2v) is 6.80. The molecular weight excluding hydrogens is 326 g/mol. The zero-order chi connectivity index (χ0) is 18.5. The van der Waals surface area contributed by atoms with Gasteiger partial charge in [0, 0.05) is 37.4 Å². The third-order valence-electron chi connectivity index (χ3n) is 4.71. The molecule has 1 fully saturated rings. The first kappa shape index (κ1) is 18.1. The molecule has 2 aromatic carbocycles. The van der Waals surface area contributed by atoms with E-state index in [1.807, 2.05) is 67.3 Å². The SMILES string of the molecule is Cc1ccc(C)c(NC(=O)CN2CCN(C(=O)c3ccccc3)CC2)c1. The monoisotopic (exact) mass is 351 g/mol. The molecule has 2 aromatic rings. The average Bonchev–Trinajstić information content (AvgIpc) is 2.65. The molecule has 26 heavy (non-hydrogen) atoms. The van der Waals surface area contributed by atoms with Crippen LogP contribution in [0.1, 0.15) is 21.5 Å². The Kier molecular flexibility index (Phi) is 5.68. The molecular formula is C21H25N3O2. The first-order valence-electron chi connectivity index (χ1n) is 8.97. The highest BCUT2D eigenvalue weighted by molar-refractivity contribution is 5.94. The quantitative estimate of drug-likeness (QED) is 0.921. The minimum atomic E-state index is -0.0125. The van der Waals surface area contributed by atoms with Gasteiger partial charge in [0.25, 0.3) is 5.91 Å². The number of carbonyl (C=O) groups is 2. The van der Waals surface area contributed by atoms with Crippen LogP contribution in [-0.2, 0) is 4.79 Å². The number of nitrogens with one attached hydrogen (secondary N) is 1. The van der Waals surface area contributed by atoms with Gasteiger partial charge in [0.2, 0.25) is 5.91 Å². The highest BCUT2D eigenvalue weighted by atomic mass is 16.2. The van der Waals surface area contributed by atoms with Crippen molar-refractivity contribution in [3.05, 3.63) is 65.2 Å². The Morgan fingerprint density at radius 2 is 1.65 bits per heavy atom. The van der Waals surface area contributed by atoms with Gasteiger partial charge in [-0.2, -0.15) is 0 Å². The number of piperazine rings is 1. The first-order chi connectivity index (χ1) is 12.5. The zero-order valence-corrected chi connectivity index (χ0v) is 15.4. The lowest BCUT2D eigenvalue weighted by Gasteiger charge is -2.34. The Hall–Kier alpha value is -2.66. The van der Waals surface area contributed by atoms with Gasteiger partial charge in [-0.05, 0) is 43.2 Å². The van der Waals surface area contributed by atoms with Gasteiger partial charge in [0.1, 0.15) is 0 Å². The summed E-state index contributed by atoms with van der Waals surface area (Å²) in [6.07, 6.45) is 0. The van der Waals surface area contributed by atoms with Crippen molar-refractivity contribution in [2.24, 2.45) is 0 Å². The van der Waals surface area contributed by atoms with Crippen LogP contribution in [0.25, 0.3) is 0 Å². The first-order valence-corrected chi connectivity index (χ1v) is 8.97. The van der Waals surface area contributed by atoms with Crippen molar-refractivity contribution in [1.82, 2.24) is 9.80 Å². The molecule has 5 nitrogen and oxygen atoms in total. The maximum atomic E-state index is 12.5. The van der Waals surface area contributed by atoms with Crippen LogP contribution in [0.5, 0.6) is 0 Å². The summed E-state index contributed by atoms with van der Waals surface area (Å²) >= 11 is 0. The summed E-state index contributed by atoms with van der Waals surface area (Å²) in [5.74, 6) is 0.0478. The summed E-state index contributed by atoms with van der Waals surface area (Å²) in [5, 5.41) is 3.00. The van der Waals surface area contributed by atoms with E-state index in [0.717, 1.165) is 16.8 Å². The van der Waals surface area contributed by atoms with Crippen molar-refractivity contribution in [3.8, 4) is 0 Å². The second kappa shape index (κ2) is 8.15. The van der Waals surface area contributed by atoms with Gasteiger partial charge in [0.05, 0.1) is 6.54 Å². The Morgan fingerprint density at radius 1 is 0.962 bits per heavy atom. The molecule has 5 heteroatoms. The molecule has 0 unspecified atom stereocenters. The summed E-state index contributed by atoms with van der Waals surface area (Å²) in [7, 11) is 0. The van der Waals surface area contributed by atoms with Crippen molar-refractivity contribution < 1.29 is 9.59 Å². The zero-order valence-electron chi connectivity index (χ0n) is 15.4. The van der Waals surface area contributed by atoms with Crippen LogP contribution in [0.2, 0.25) is 0 Å². The maximum absolute atomic E-state index is 12.5. The molecule has 3 rings (SSSR count). The van der Waals surface area contributed by atoms with Crippen LogP contribution in [0.4, 0.5) is 5.69 Å². The molecule has 0 aromatic heterocycles. The average molecular weight is 351 g/mol. The van der Waals surface area contributed by atoms with E-state index >= 15 is 0 Å². The minimum absolute atomic E-state index is 0.0125. The van der Waals surface area contributed by atoms with Gasteiger partial charge in [-0.1, -0.05) is 30.3 Å². The van der Waals surface area contributed by atoms with Crippen molar-refractivity contribution >= 4 is 17.5 Å². The molecule has 0 spiro atoms. The molecule has 0 aliphatic carbocycles. The van der Waals surface area contributed by atoms with E-state index in [4.69, 9.17) is 0 Å². The molecule has 1 heterocycles. The number of rotatable bonds is 4. The Balaban J connectivity index is 1.50. The molecule has 0 atom stereocenters. The third-order valence-corrected chi connectivity index (χ3v) is 4.71. The molecule has 0 bridgehead atoms. The number of carbonyl (C=O) groups excluding carboxylic acids is 2. The van der Waals surface area contributed by atoms with Gasteiger partial charge in [-0.25, -0.2) is 0 Å². The van der Waals surface area contributed by atoms with E-state index in [2.05, 4.69) is 10.2 Å². The van der Waals surface area contributed by atoms with Crippen molar-refractivity contribution in [3.63, 3.8) is 0 Å². The van der Waals surface area contributed by atoms with E-state index in [0.29, 0.717) is 38.3 Å². The number of hydrogen-bond acceptors (Lipinski definition) is 3. The molecule has 136 valence electrons. The highest BCUT2D eigenvalue weighted by Crippen LogP contribution is 2.16. The van der Waals surface area contributed by atoms with Gasteiger partial charge < -0.3 is 10.2 Å². The lowest BCUT2D eigenvalue weighted by Crippen LogP contribution is -2.50. The van der Waals surface area contributed by atoms with Crippen LogP contribution >= 0.6 is 0 Å². The van der Waals surface area contributed by atoms with E-state index in [1.165, 1.54) is 0 Å². The predicted molar refractivity (Wildman–Crippen MR) is 103 cm³/mol. The number of benzene rings is 2. The molecule has 0 radical (unpaired) electrons. The summed E-state index contributed by atoms with van der Waals surface area (Å²) in [6.45, 7) is 7.05. The Bertz CT molecular complexity index is 781. The fraction of sp³-hybridized carbons (Fsp3) is 0.333. The fourth-order valence-corrected chi connectivity index (χ4v) is 3.14. The summed E-state index contributed by atoms with van der Waals surface area (Å²) in [4.78, 5) is 28.8.